The molecule has 1 aromatic rings. The molecule has 0 saturated heterocycles. The highest BCUT2D eigenvalue weighted by Crippen LogP contribution is 2.34. The molecule has 144 valence electrons. The molecule has 0 spiro atoms. The molecular formula is C23H42N2. The van der Waals surface area contributed by atoms with Crippen LogP contribution in [0.1, 0.15) is 96.6 Å². The van der Waals surface area contributed by atoms with Crippen LogP contribution in [-0.2, 0) is 5.41 Å². The van der Waals surface area contributed by atoms with Gasteiger partial charge in [-0.15, -0.1) is 0 Å². The summed E-state index contributed by atoms with van der Waals surface area (Å²) in [6.45, 7) is 11.3. The molecule has 0 heterocycles. The monoisotopic (exact) mass is 346 g/mol. The first kappa shape index (κ1) is 22.0. The molecule has 1 aromatic carbocycles. The van der Waals surface area contributed by atoms with Gasteiger partial charge in [-0.25, -0.2) is 0 Å². The van der Waals surface area contributed by atoms with Gasteiger partial charge >= 0.3 is 0 Å². The summed E-state index contributed by atoms with van der Waals surface area (Å²) < 4.78 is 0. The zero-order valence-electron chi connectivity index (χ0n) is 17.4. The number of anilines is 1. The lowest BCUT2D eigenvalue weighted by Crippen LogP contribution is -2.25. The second kappa shape index (κ2) is 10.9. The lowest BCUT2D eigenvalue weighted by atomic mass is 9.75. The largest absolute Gasteiger partial charge is 0.399 e. The van der Waals surface area contributed by atoms with Gasteiger partial charge in [0.2, 0.25) is 0 Å². The van der Waals surface area contributed by atoms with Gasteiger partial charge in [0.1, 0.15) is 0 Å². The molecule has 2 heteroatoms. The molecule has 0 aliphatic heterocycles. The first-order valence-corrected chi connectivity index (χ1v) is 10.4. The Bertz CT molecular complexity index is 495. The molecule has 0 aromatic heterocycles. The van der Waals surface area contributed by atoms with Crippen molar-refractivity contribution in [2.75, 3.05) is 5.73 Å². The third kappa shape index (κ3) is 7.40. The summed E-state index contributed by atoms with van der Waals surface area (Å²) in [5.41, 5.74) is 15.9. The normalized spacial score (nSPS) is 15.3. The number of aryl methyl sites for hydroxylation is 1. The van der Waals surface area contributed by atoms with Gasteiger partial charge in [-0.05, 0) is 54.7 Å². The minimum atomic E-state index is 0.280. The van der Waals surface area contributed by atoms with Crippen molar-refractivity contribution in [1.82, 2.24) is 0 Å². The van der Waals surface area contributed by atoms with Crippen molar-refractivity contribution in [1.29, 1.82) is 0 Å². The Balaban J connectivity index is 2.27. The molecular weight excluding hydrogens is 304 g/mol. The Hall–Kier alpha value is -1.02. The van der Waals surface area contributed by atoms with Crippen LogP contribution in [0.2, 0.25) is 0 Å². The summed E-state index contributed by atoms with van der Waals surface area (Å²) in [5.74, 6) is 0.615. The van der Waals surface area contributed by atoms with Crippen molar-refractivity contribution in [2.45, 2.75) is 104 Å². The molecule has 4 N–H and O–H groups in total. The number of nitrogens with two attached hydrogens (primary N) is 2. The van der Waals surface area contributed by atoms with Crippen molar-refractivity contribution in [3.05, 3.63) is 29.3 Å². The molecule has 0 aliphatic carbocycles. The molecule has 2 unspecified atom stereocenters. The Kier molecular flexibility index (Phi) is 9.56. The van der Waals surface area contributed by atoms with E-state index in [0.29, 0.717) is 12.0 Å². The highest BCUT2D eigenvalue weighted by molar-refractivity contribution is 5.49. The number of hydrogen-bond donors (Lipinski definition) is 2. The van der Waals surface area contributed by atoms with E-state index < -0.39 is 0 Å². The maximum absolute atomic E-state index is 6.11. The van der Waals surface area contributed by atoms with Crippen molar-refractivity contribution >= 4 is 5.69 Å². The highest BCUT2D eigenvalue weighted by atomic mass is 14.6. The molecule has 0 saturated carbocycles. The predicted molar refractivity (Wildman–Crippen MR) is 113 cm³/mol. The van der Waals surface area contributed by atoms with E-state index in [0.717, 1.165) is 5.69 Å². The van der Waals surface area contributed by atoms with E-state index in [2.05, 4.69) is 52.8 Å². The van der Waals surface area contributed by atoms with Crippen molar-refractivity contribution < 1.29 is 0 Å². The smallest absolute Gasteiger partial charge is 0.0343 e. The minimum absolute atomic E-state index is 0.280. The van der Waals surface area contributed by atoms with E-state index in [1.165, 1.54) is 68.9 Å². The summed E-state index contributed by atoms with van der Waals surface area (Å²) in [4.78, 5) is 0. The van der Waals surface area contributed by atoms with Gasteiger partial charge in [0.05, 0.1) is 0 Å². The fraction of sp³-hybridized carbons (Fsp3) is 0.739. The number of hydrogen-bond acceptors (Lipinski definition) is 2. The van der Waals surface area contributed by atoms with Gasteiger partial charge in [0, 0.05) is 11.7 Å². The fourth-order valence-corrected chi connectivity index (χ4v) is 3.51. The van der Waals surface area contributed by atoms with Crippen LogP contribution in [-0.4, -0.2) is 6.04 Å². The molecule has 0 aliphatic rings. The number of nitrogen functional groups attached to an aromatic ring is 1. The Labute approximate surface area is 156 Å². The van der Waals surface area contributed by atoms with Crippen LogP contribution in [0.25, 0.3) is 0 Å². The van der Waals surface area contributed by atoms with E-state index in [1.54, 1.807) is 0 Å². The topological polar surface area (TPSA) is 52.0 Å². The molecule has 1 rings (SSSR count). The molecule has 0 fully saturated rings. The van der Waals surface area contributed by atoms with Crippen LogP contribution in [0.4, 0.5) is 5.69 Å². The second-order valence-corrected chi connectivity index (χ2v) is 8.55. The summed E-state index contributed by atoms with van der Waals surface area (Å²) in [5, 5.41) is 0. The first-order valence-electron chi connectivity index (χ1n) is 10.4. The van der Waals surface area contributed by atoms with Crippen LogP contribution in [0.15, 0.2) is 18.2 Å². The van der Waals surface area contributed by atoms with Crippen LogP contribution in [0, 0.1) is 12.8 Å². The van der Waals surface area contributed by atoms with Crippen LogP contribution >= 0.6 is 0 Å². The van der Waals surface area contributed by atoms with Gasteiger partial charge in [-0.2, -0.15) is 0 Å². The maximum Gasteiger partial charge on any atom is 0.0343 e. The van der Waals surface area contributed by atoms with E-state index in [-0.39, 0.29) is 5.41 Å². The predicted octanol–water partition coefficient (Wildman–Crippen LogP) is 6.35. The van der Waals surface area contributed by atoms with E-state index in [9.17, 15) is 0 Å². The standard InChI is InChI=1S/C23H42N2/c1-6-23(5,20-14-15-22(25)19(4)17-20)16-12-10-8-7-9-11-13-21(24)18(2)3/h14-15,17-18,21H,6-13,16,24-25H2,1-5H3. The first-order chi connectivity index (χ1) is 11.8. The summed E-state index contributed by atoms with van der Waals surface area (Å²) in [6, 6.07) is 6.97. The van der Waals surface area contributed by atoms with Crippen molar-refractivity contribution in [3.8, 4) is 0 Å². The summed E-state index contributed by atoms with van der Waals surface area (Å²) >= 11 is 0. The molecule has 2 atom stereocenters. The van der Waals surface area contributed by atoms with Crippen LogP contribution in [0.3, 0.4) is 0 Å². The van der Waals surface area contributed by atoms with Gasteiger partial charge in [-0.3, -0.25) is 0 Å². The van der Waals surface area contributed by atoms with Gasteiger partial charge < -0.3 is 11.5 Å². The molecule has 2 nitrogen and oxygen atoms in total. The van der Waals surface area contributed by atoms with E-state index in [4.69, 9.17) is 11.5 Å². The van der Waals surface area contributed by atoms with Crippen molar-refractivity contribution in [3.63, 3.8) is 0 Å². The lowest BCUT2D eigenvalue weighted by Gasteiger charge is -2.29. The number of benzene rings is 1. The van der Waals surface area contributed by atoms with Gasteiger partial charge in [-0.1, -0.05) is 78.4 Å². The van der Waals surface area contributed by atoms with Gasteiger partial charge in [0.25, 0.3) is 0 Å². The zero-order chi connectivity index (χ0) is 18.9. The Morgan fingerprint density at radius 2 is 1.60 bits per heavy atom. The van der Waals surface area contributed by atoms with Crippen molar-refractivity contribution in [2.24, 2.45) is 11.7 Å². The van der Waals surface area contributed by atoms with E-state index in [1.807, 2.05) is 0 Å². The molecule has 0 amide bonds. The average Bonchev–Trinajstić information content (AvgIpc) is 2.58. The number of rotatable bonds is 12. The average molecular weight is 347 g/mol. The number of unbranched alkanes of at least 4 members (excludes halogenated alkanes) is 5. The third-order valence-electron chi connectivity index (χ3n) is 6.12. The Morgan fingerprint density at radius 1 is 1.00 bits per heavy atom. The van der Waals surface area contributed by atoms with Gasteiger partial charge in [0.15, 0.2) is 0 Å². The molecule has 0 bridgehead atoms. The SMILES string of the molecule is CCC(C)(CCCCCCCCC(N)C(C)C)c1ccc(N)c(C)c1. The fourth-order valence-electron chi connectivity index (χ4n) is 3.51. The quantitative estimate of drug-likeness (QED) is 0.342. The highest BCUT2D eigenvalue weighted by Gasteiger charge is 2.24. The van der Waals surface area contributed by atoms with E-state index >= 15 is 0 Å². The lowest BCUT2D eigenvalue weighted by molar-refractivity contribution is 0.392. The maximum atomic E-state index is 6.11. The Morgan fingerprint density at radius 3 is 2.16 bits per heavy atom. The summed E-state index contributed by atoms with van der Waals surface area (Å²) in [7, 11) is 0. The minimum Gasteiger partial charge on any atom is -0.399 e. The zero-order valence-corrected chi connectivity index (χ0v) is 17.4. The molecule has 25 heavy (non-hydrogen) atoms. The summed E-state index contributed by atoms with van der Waals surface area (Å²) in [6.07, 6.45) is 11.6. The third-order valence-corrected chi connectivity index (χ3v) is 6.12. The van der Waals surface area contributed by atoms with Crippen LogP contribution < -0.4 is 11.5 Å². The van der Waals surface area contributed by atoms with Crippen LogP contribution in [0.5, 0.6) is 0 Å². The second-order valence-electron chi connectivity index (χ2n) is 8.55. The molecule has 0 radical (unpaired) electrons.